The number of hydrogen-bond acceptors (Lipinski definition) is 2. The van der Waals surface area contributed by atoms with Crippen molar-refractivity contribution in [3.8, 4) is 17.0 Å². The van der Waals surface area contributed by atoms with E-state index in [0.29, 0.717) is 5.78 Å². The third kappa shape index (κ3) is 2.58. The highest BCUT2D eigenvalue weighted by Gasteiger charge is 2.44. The fraction of sp³-hybridized carbons (Fsp3) is 0.450. The number of rotatable bonds is 5. The Morgan fingerprint density at radius 1 is 1.13 bits per heavy atom. The number of aromatic nitrogens is 1. The van der Waals surface area contributed by atoms with Crippen molar-refractivity contribution in [1.82, 2.24) is 4.57 Å². The summed E-state index contributed by atoms with van der Waals surface area (Å²) in [5, 5.41) is 0. The second-order valence-electron chi connectivity index (χ2n) is 6.72. The Balaban J connectivity index is 2.14. The first-order chi connectivity index (χ1) is 11.1. The average molecular weight is 311 g/mol. The van der Waals surface area contributed by atoms with Gasteiger partial charge in [-0.3, -0.25) is 4.79 Å². The number of para-hydroxylation sites is 1. The van der Waals surface area contributed by atoms with Crippen molar-refractivity contribution >= 4 is 5.78 Å². The normalized spacial score (nSPS) is 16.7. The highest BCUT2D eigenvalue weighted by molar-refractivity contribution is 5.89. The summed E-state index contributed by atoms with van der Waals surface area (Å²) in [6.07, 6.45) is 6.15. The predicted octanol–water partition coefficient (Wildman–Crippen LogP) is 4.66. The Kier molecular flexibility index (Phi) is 4.29. The number of ether oxygens (including phenoxy) is 1. The molecule has 122 valence electrons. The lowest BCUT2D eigenvalue weighted by Crippen LogP contribution is -2.41. The van der Waals surface area contributed by atoms with Gasteiger partial charge in [0.05, 0.1) is 12.8 Å². The number of Topliss-reactive ketones (excluding diaryl/α,β-unsaturated/α-hetero) is 1. The minimum Gasteiger partial charge on any atom is -0.496 e. The molecule has 1 aromatic heterocycles. The Morgan fingerprint density at radius 3 is 2.48 bits per heavy atom. The molecular weight excluding hydrogens is 286 g/mol. The van der Waals surface area contributed by atoms with E-state index < -0.39 is 5.54 Å². The fourth-order valence-corrected chi connectivity index (χ4v) is 3.93. The Bertz CT molecular complexity index is 693. The lowest BCUT2D eigenvalue weighted by Gasteiger charge is -2.33. The van der Waals surface area contributed by atoms with Crippen LogP contribution >= 0.6 is 0 Å². The monoisotopic (exact) mass is 311 g/mol. The number of nitrogens with zero attached hydrogens (tertiary/aromatic N) is 1. The summed E-state index contributed by atoms with van der Waals surface area (Å²) in [4.78, 5) is 13.1. The van der Waals surface area contributed by atoms with Crippen LogP contribution < -0.4 is 4.74 Å². The average Bonchev–Trinajstić information content (AvgIpc) is 3.23. The summed E-state index contributed by atoms with van der Waals surface area (Å²) >= 11 is 0. The second kappa shape index (κ2) is 6.23. The van der Waals surface area contributed by atoms with Crippen LogP contribution in [0.1, 0.15) is 39.5 Å². The van der Waals surface area contributed by atoms with Gasteiger partial charge in [0.1, 0.15) is 11.3 Å². The van der Waals surface area contributed by atoms with Crippen LogP contribution in [0, 0.1) is 5.92 Å². The lowest BCUT2D eigenvalue weighted by molar-refractivity contribution is -0.130. The van der Waals surface area contributed by atoms with Crippen molar-refractivity contribution in [3.63, 3.8) is 0 Å². The van der Waals surface area contributed by atoms with Gasteiger partial charge in [-0.25, -0.2) is 0 Å². The van der Waals surface area contributed by atoms with E-state index in [1.54, 1.807) is 7.11 Å². The maximum absolute atomic E-state index is 13.1. The first-order valence-corrected chi connectivity index (χ1v) is 8.46. The number of carbonyl (C=O) groups is 1. The van der Waals surface area contributed by atoms with Crippen molar-refractivity contribution in [2.75, 3.05) is 7.11 Å². The summed E-state index contributed by atoms with van der Waals surface area (Å²) in [5.41, 5.74) is 1.72. The Morgan fingerprint density at radius 2 is 1.83 bits per heavy atom. The maximum atomic E-state index is 13.1. The molecule has 1 aliphatic carbocycles. The van der Waals surface area contributed by atoms with E-state index in [9.17, 15) is 4.79 Å². The van der Waals surface area contributed by atoms with Crippen LogP contribution in [0.4, 0.5) is 0 Å². The van der Waals surface area contributed by atoms with Gasteiger partial charge in [0.2, 0.25) is 0 Å². The van der Waals surface area contributed by atoms with E-state index in [1.165, 1.54) is 0 Å². The van der Waals surface area contributed by atoms with Gasteiger partial charge in [-0.1, -0.05) is 38.8 Å². The minimum absolute atomic E-state index is 0.0426. The van der Waals surface area contributed by atoms with Gasteiger partial charge in [-0.15, -0.1) is 0 Å². The number of ketones is 1. The zero-order chi connectivity index (χ0) is 16.4. The second-order valence-corrected chi connectivity index (χ2v) is 6.72. The Hall–Kier alpha value is -2.03. The van der Waals surface area contributed by atoms with Gasteiger partial charge in [0, 0.05) is 17.7 Å². The largest absolute Gasteiger partial charge is 0.496 e. The van der Waals surface area contributed by atoms with Crippen LogP contribution in [-0.2, 0) is 10.3 Å². The van der Waals surface area contributed by atoms with E-state index in [1.807, 2.05) is 38.1 Å². The van der Waals surface area contributed by atoms with Crippen LogP contribution in [0.15, 0.2) is 42.6 Å². The molecule has 2 aromatic rings. The lowest BCUT2D eigenvalue weighted by atomic mass is 9.85. The molecule has 0 aliphatic heterocycles. The quantitative estimate of drug-likeness (QED) is 0.804. The Labute approximate surface area is 138 Å². The first kappa shape index (κ1) is 15.9. The summed E-state index contributed by atoms with van der Waals surface area (Å²) < 4.78 is 7.74. The molecule has 23 heavy (non-hydrogen) atoms. The number of hydrogen-bond donors (Lipinski definition) is 0. The molecule has 0 saturated heterocycles. The molecule has 0 unspecified atom stereocenters. The zero-order valence-electron chi connectivity index (χ0n) is 14.2. The van der Waals surface area contributed by atoms with E-state index in [4.69, 9.17) is 4.74 Å². The van der Waals surface area contributed by atoms with Gasteiger partial charge in [-0.05, 0) is 37.1 Å². The summed E-state index contributed by atoms with van der Waals surface area (Å²) in [7, 11) is 1.69. The maximum Gasteiger partial charge on any atom is 0.161 e. The molecule has 0 spiro atoms. The SMILES string of the molecule is COc1ccccc1-c1cccn1C1(C(=O)C(C)C)CCCC1. The number of methoxy groups -OCH3 is 1. The molecule has 0 amide bonds. The molecule has 1 heterocycles. The van der Waals surface area contributed by atoms with Crippen LogP contribution in [0.5, 0.6) is 5.75 Å². The molecule has 0 bridgehead atoms. The van der Waals surface area contributed by atoms with Gasteiger partial charge >= 0.3 is 0 Å². The van der Waals surface area contributed by atoms with Crippen molar-refractivity contribution in [3.05, 3.63) is 42.6 Å². The first-order valence-electron chi connectivity index (χ1n) is 8.46. The number of benzene rings is 1. The van der Waals surface area contributed by atoms with Crippen LogP contribution in [0.25, 0.3) is 11.3 Å². The van der Waals surface area contributed by atoms with Crippen molar-refractivity contribution in [1.29, 1.82) is 0 Å². The molecule has 3 heteroatoms. The van der Waals surface area contributed by atoms with Gasteiger partial charge < -0.3 is 9.30 Å². The topological polar surface area (TPSA) is 31.2 Å². The molecule has 1 saturated carbocycles. The van der Waals surface area contributed by atoms with Crippen LogP contribution in [0.3, 0.4) is 0 Å². The third-order valence-electron chi connectivity index (χ3n) is 5.01. The van der Waals surface area contributed by atoms with Gasteiger partial charge in [0.25, 0.3) is 0 Å². The van der Waals surface area contributed by atoms with Crippen molar-refractivity contribution < 1.29 is 9.53 Å². The van der Waals surface area contributed by atoms with E-state index >= 15 is 0 Å². The van der Waals surface area contributed by atoms with Gasteiger partial charge in [0.15, 0.2) is 5.78 Å². The molecule has 3 rings (SSSR count). The fourth-order valence-electron chi connectivity index (χ4n) is 3.93. The molecule has 0 atom stereocenters. The minimum atomic E-state index is -0.395. The third-order valence-corrected chi connectivity index (χ3v) is 5.01. The zero-order valence-corrected chi connectivity index (χ0v) is 14.2. The standard InChI is InChI=1S/C20H25NO2/c1-15(2)19(22)20(12-6-7-13-20)21-14-8-10-17(21)16-9-4-5-11-18(16)23-3/h4-5,8-11,14-15H,6-7,12-13H2,1-3H3. The summed E-state index contributed by atoms with van der Waals surface area (Å²) in [6.45, 7) is 4.02. The van der Waals surface area contributed by atoms with E-state index in [2.05, 4.69) is 22.9 Å². The molecule has 0 radical (unpaired) electrons. The van der Waals surface area contributed by atoms with E-state index in [-0.39, 0.29) is 5.92 Å². The smallest absolute Gasteiger partial charge is 0.161 e. The van der Waals surface area contributed by atoms with Crippen LogP contribution in [-0.4, -0.2) is 17.5 Å². The van der Waals surface area contributed by atoms with E-state index in [0.717, 1.165) is 42.7 Å². The molecule has 0 N–H and O–H groups in total. The highest BCUT2D eigenvalue weighted by atomic mass is 16.5. The summed E-state index contributed by atoms with van der Waals surface area (Å²) in [6, 6.07) is 12.1. The van der Waals surface area contributed by atoms with Crippen LogP contribution in [0.2, 0.25) is 0 Å². The van der Waals surface area contributed by atoms with Crippen molar-refractivity contribution in [2.45, 2.75) is 45.1 Å². The summed E-state index contributed by atoms with van der Waals surface area (Å²) in [5.74, 6) is 1.24. The molecule has 1 aliphatic rings. The molecule has 3 nitrogen and oxygen atoms in total. The van der Waals surface area contributed by atoms with Crippen molar-refractivity contribution in [2.24, 2.45) is 5.92 Å². The number of carbonyl (C=O) groups excluding carboxylic acids is 1. The predicted molar refractivity (Wildman–Crippen MR) is 92.7 cm³/mol. The van der Waals surface area contributed by atoms with Gasteiger partial charge in [-0.2, -0.15) is 0 Å². The molecule has 1 fully saturated rings. The molecular formula is C20H25NO2. The molecule has 1 aromatic carbocycles. The highest BCUT2D eigenvalue weighted by Crippen LogP contribution is 2.43.